The first-order chi connectivity index (χ1) is 10.8. The van der Waals surface area contributed by atoms with E-state index in [1.54, 1.807) is 0 Å². The molecule has 4 heteroatoms. The maximum atomic E-state index is 12.8. The van der Waals surface area contributed by atoms with E-state index in [1.807, 2.05) is 32.9 Å². The van der Waals surface area contributed by atoms with Crippen molar-refractivity contribution in [2.75, 3.05) is 6.61 Å². The summed E-state index contributed by atoms with van der Waals surface area (Å²) in [6.45, 7) is 6.33. The van der Waals surface area contributed by atoms with Gasteiger partial charge in [0, 0.05) is 22.5 Å². The minimum Gasteiger partial charge on any atom is -0.492 e. The summed E-state index contributed by atoms with van der Waals surface area (Å²) in [5.41, 5.74) is 3.22. The number of carbonyl (C=O) groups excluding carboxylic acids is 2. The molecule has 0 radical (unpaired) electrons. The summed E-state index contributed by atoms with van der Waals surface area (Å²) >= 11 is 0. The molecule has 1 aromatic carbocycles. The number of aliphatic hydroxyl groups excluding tert-OH is 1. The topological polar surface area (TPSA) is 63.6 Å². The second-order valence-corrected chi connectivity index (χ2v) is 7.40. The van der Waals surface area contributed by atoms with Gasteiger partial charge < -0.3 is 9.84 Å². The molecule has 4 nitrogen and oxygen atoms in total. The number of ketones is 2. The van der Waals surface area contributed by atoms with E-state index >= 15 is 0 Å². The number of fused-ring (bicyclic) bond motifs is 4. The predicted molar refractivity (Wildman–Crippen MR) is 85.2 cm³/mol. The fourth-order valence-electron chi connectivity index (χ4n) is 4.16. The van der Waals surface area contributed by atoms with Gasteiger partial charge in [0.05, 0.1) is 18.3 Å². The Hall–Kier alpha value is -1.94. The van der Waals surface area contributed by atoms with Gasteiger partial charge in [-0.15, -0.1) is 0 Å². The molecule has 4 rings (SSSR count). The predicted octanol–water partition coefficient (Wildman–Crippen LogP) is 2.41. The molecular weight excluding hydrogens is 292 g/mol. The van der Waals surface area contributed by atoms with Gasteiger partial charge in [0.1, 0.15) is 5.76 Å². The van der Waals surface area contributed by atoms with Crippen LogP contribution in [0.15, 0.2) is 17.7 Å². The molecule has 1 aliphatic heterocycles. The fraction of sp³-hybridized carbons (Fsp3) is 0.474. The minimum atomic E-state index is -0.444. The largest absolute Gasteiger partial charge is 0.492 e. The van der Waals surface area contributed by atoms with E-state index < -0.39 is 23.1 Å². The first-order valence-corrected chi connectivity index (χ1v) is 8.14. The summed E-state index contributed by atoms with van der Waals surface area (Å²) in [4.78, 5) is 25.3. The Morgan fingerprint density at radius 2 is 1.96 bits per heavy atom. The van der Waals surface area contributed by atoms with Gasteiger partial charge in [0.15, 0.2) is 0 Å². The quantitative estimate of drug-likeness (QED) is 0.747. The number of aliphatic hydroxyl groups is 1. The monoisotopic (exact) mass is 312 g/mol. The molecule has 0 aromatic heterocycles. The molecular formula is C19H20O4. The number of carbonyl (C=O) groups is 2. The van der Waals surface area contributed by atoms with Crippen molar-refractivity contribution >= 4 is 17.3 Å². The average Bonchev–Trinajstić information content (AvgIpc) is 2.90. The zero-order chi connectivity index (χ0) is 16.5. The number of ether oxygens (including phenoxy) is 1. The van der Waals surface area contributed by atoms with Crippen molar-refractivity contribution in [3.63, 3.8) is 0 Å². The summed E-state index contributed by atoms with van der Waals surface area (Å²) in [6.07, 6.45) is 0.765. The molecule has 0 bridgehead atoms. The number of Topliss-reactive ketones (excluding diaryl/α,β-unsaturated/α-hetero) is 2. The molecule has 23 heavy (non-hydrogen) atoms. The smallest absolute Gasteiger partial charge is 0.234 e. The van der Waals surface area contributed by atoms with Crippen LogP contribution in [0.4, 0.5) is 0 Å². The van der Waals surface area contributed by atoms with Crippen LogP contribution in [0.3, 0.4) is 0 Å². The summed E-state index contributed by atoms with van der Waals surface area (Å²) in [5.74, 6) is -0.289. The Morgan fingerprint density at radius 1 is 1.22 bits per heavy atom. The summed E-state index contributed by atoms with van der Waals surface area (Å²) in [5, 5.41) is 10.3. The third-order valence-electron chi connectivity index (χ3n) is 5.65. The highest BCUT2D eigenvalue weighted by atomic mass is 16.5. The molecule has 0 saturated heterocycles. The molecule has 120 valence electrons. The Labute approximate surface area is 135 Å². The lowest BCUT2D eigenvalue weighted by atomic mass is 9.67. The van der Waals surface area contributed by atoms with E-state index in [1.165, 1.54) is 0 Å². The van der Waals surface area contributed by atoms with Crippen LogP contribution in [0.5, 0.6) is 0 Å². The maximum absolute atomic E-state index is 12.8. The molecule has 1 aromatic rings. The van der Waals surface area contributed by atoms with Crippen molar-refractivity contribution in [2.45, 2.75) is 45.1 Å². The Kier molecular flexibility index (Phi) is 2.89. The molecule has 1 N–H and O–H groups in total. The van der Waals surface area contributed by atoms with E-state index in [4.69, 9.17) is 4.74 Å². The molecule has 3 aliphatic rings. The Balaban J connectivity index is 2.00. The van der Waals surface area contributed by atoms with Gasteiger partial charge in [-0.3, -0.25) is 9.59 Å². The van der Waals surface area contributed by atoms with Crippen LogP contribution in [0.25, 0.3) is 5.76 Å². The van der Waals surface area contributed by atoms with Gasteiger partial charge in [-0.1, -0.05) is 32.9 Å². The zero-order valence-corrected chi connectivity index (χ0v) is 13.6. The van der Waals surface area contributed by atoms with E-state index in [0.29, 0.717) is 36.3 Å². The lowest BCUT2D eigenvalue weighted by Gasteiger charge is -2.39. The third-order valence-corrected chi connectivity index (χ3v) is 5.65. The van der Waals surface area contributed by atoms with Crippen LogP contribution >= 0.6 is 0 Å². The molecule has 0 fully saturated rings. The summed E-state index contributed by atoms with van der Waals surface area (Å²) in [7, 11) is 0. The number of hydrogen-bond acceptors (Lipinski definition) is 4. The second-order valence-electron chi connectivity index (χ2n) is 7.40. The van der Waals surface area contributed by atoms with Crippen molar-refractivity contribution < 1.29 is 19.4 Å². The highest BCUT2D eigenvalue weighted by Gasteiger charge is 2.44. The lowest BCUT2D eigenvalue weighted by molar-refractivity contribution is -0.112. The van der Waals surface area contributed by atoms with Crippen LogP contribution in [-0.2, 0) is 21.4 Å². The summed E-state index contributed by atoms with van der Waals surface area (Å²) in [6, 6.07) is 3.86. The lowest BCUT2D eigenvalue weighted by Crippen LogP contribution is -2.40. The molecule has 2 atom stereocenters. The van der Waals surface area contributed by atoms with Gasteiger partial charge >= 0.3 is 0 Å². The van der Waals surface area contributed by atoms with E-state index in [9.17, 15) is 14.7 Å². The number of benzene rings is 1. The normalized spacial score (nSPS) is 28.2. The van der Waals surface area contributed by atoms with Crippen molar-refractivity contribution in [3.8, 4) is 0 Å². The van der Waals surface area contributed by atoms with Gasteiger partial charge in [-0.25, -0.2) is 0 Å². The van der Waals surface area contributed by atoms with E-state index in [-0.39, 0.29) is 5.92 Å². The van der Waals surface area contributed by atoms with Crippen LogP contribution in [-0.4, -0.2) is 29.4 Å². The van der Waals surface area contributed by atoms with Crippen molar-refractivity contribution in [2.24, 2.45) is 5.92 Å². The maximum Gasteiger partial charge on any atom is 0.234 e. The third kappa shape index (κ3) is 1.75. The number of hydrogen-bond donors (Lipinski definition) is 1. The molecule has 0 amide bonds. The highest BCUT2D eigenvalue weighted by molar-refractivity contribution is 6.52. The van der Waals surface area contributed by atoms with Crippen molar-refractivity contribution in [3.05, 3.63) is 40.0 Å². The van der Waals surface area contributed by atoms with Crippen LogP contribution in [0, 0.1) is 5.92 Å². The molecule has 1 heterocycles. The first-order valence-electron chi connectivity index (χ1n) is 8.14. The zero-order valence-electron chi connectivity index (χ0n) is 13.6. The Morgan fingerprint density at radius 3 is 2.70 bits per heavy atom. The minimum absolute atomic E-state index is 0.0381. The van der Waals surface area contributed by atoms with Crippen LogP contribution in [0.1, 0.15) is 54.2 Å². The fourth-order valence-corrected chi connectivity index (χ4v) is 4.16. The SMILES string of the molecule is C[C@H]1COC2=C1C(=O)C(=O)c1c2ccc2c1CC[C@@H](O)C2(C)C. The van der Waals surface area contributed by atoms with Crippen LogP contribution in [0.2, 0.25) is 0 Å². The Bertz CT molecular complexity index is 785. The standard InChI is InChI=1S/C19H20O4/c1-9-8-23-18-11-4-6-12-10(5-7-13(20)19(12,2)3)15(11)17(22)16(21)14(9)18/h4,6,9,13,20H,5,7-8H2,1-3H3/t9-,13+/m0/s1. The van der Waals surface area contributed by atoms with Crippen molar-refractivity contribution in [1.82, 2.24) is 0 Å². The van der Waals surface area contributed by atoms with Crippen molar-refractivity contribution in [1.29, 1.82) is 0 Å². The summed E-state index contributed by atoms with van der Waals surface area (Å²) < 4.78 is 5.74. The van der Waals surface area contributed by atoms with Crippen LogP contribution < -0.4 is 0 Å². The second kappa shape index (κ2) is 4.54. The molecule has 0 unspecified atom stereocenters. The number of rotatable bonds is 0. The van der Waals surface area contributed by atoms with E-state index in [0.717, 1.165) is 16.7 Å². The highest BCUT2D eigenvalue weighted by Crippen LogP contribution is 2.45. The van der Waals surface area contributed by atoms with Gasteiger partial charge in [0.25, 0.3) is 0 Å². The van der Waals surface area contributed by atoms with E-state index in [2.05, 4.69) is 0 Å². The van der Waals surface area contributed by atoms with Gasteiger partial charge in [-0.05, 0) is 24.0 Å². The molecule has 0 saturated carbocycles. The average molecular weight is 312 g/mol. The van der Waals surface area contributed by atoms with Gasteiger partial charge in [0.2, 0.25) is 11.6 Å². The molecule has 0 spiro atoms. The first kappa shape index (κ1) is 14.6. The van der Waals surface area contributed by atoms with Gasteiger partial charge in [-0.2, -0.15) is 0 Å². The molecule has 2 aliphatic carbocycles.